The molecule has 5 rings (SSSR count). The van der Waals surface area contributed by atoms with Crippen LogP contribution in [-0.2, 0) is 24.8 Å². The largest absolute Gasteiger partial charge is 0.491 e. The topological polar surface area (TPSA) is 102 Å². The van der Waals surface area contributed by atoms with Crippen molar-refractivity contribution in [2.24, 2.45) is 13.0 Å². The zero-order valence-electron chi connectivity index (χ0n) is 20.8. The lowest BCUT2D eigenvalue weighted by molar-refractivity contribution is -0.114. The number of hydrogen-bond acceptors (Lipinski definition) is 5. The summed E-state index contributed by atoms with van der Waals surface area (Å²) in [4.78, 5) is 29.6. The highest BCUT2D eigenvalue weighted by atomic mass is 35.5. The molecule has 1 amide bonds. The molecule has 0 saturated heterocycles. The summed E-state index contributed by atoms with van der Waals surface area (Å²) in [5, 5.41) is 11.9. The van der Waals surface area contributed by atoms with Crippen LogP contribution in [0.4, 0.5) is 5.82 Å². The van der Waals surface area contributed by atoms with Crippen molar-refractivity contribution in [3.8, 4) is 16.9 Å². The Balaban J connectivity index is 1.57. The third kappa shape index (κ3) is 5.23. The van der Waals surface area contributed by atoms with Gasteiger partial charge in [0, 0.05) is 38.1 Å². The fourth-order valence-electron chi connectivity index (χ4n) is 4.61. The molecule has 1 atom stereocenters. The van der Waals surface area contributed by atoms with Crippen LogP contribution in [0.5, 0.6) is 5.75 Å². The van der Waals surface area contributed by atoms with Crippen LogP contribution in [0.15, 0.2) is 61.1 Å². The van der Waals surface area contributed by atoms with E-state index in [1.54, 1.807) is 33.5 Å². The van der Waals surface area contributed by atoms with Gasteiger partial charge in [-0.05, 0) is 59.5 Å². The number of carbonyl (C=O) groups excluding carboxylic acids is 2. The normalized spacial score (nSPS) is 14.6. The fourth-order valence-corrected chi connectivity index (χ4v) is 4.93. The van der Waals surface area contributed by atoms with E-state index < -0.39 is 5.92 Å². The zero-order valence-corrected chi connectivity index (χ0v) is 22.3. The van der Waals surface area contributed by atoms with Crippen molar-refractivity contribution in [1.29, 1.82) is 5.41 Å². The van der Waals surface area contributed by atoms with E-state index in [0.29, 0.717) is 45.8 Å². The summed E-state index contributed by atoms with van der Waals surface area (Å²) in [7, 11) is 1.81. The number of aromatic nitrogens is 3. The van der Waals surface area contributed by atoms with E-state index in [9.17, 15) is 9.59 Å². The van der Waals surface area contributed by atoms with E-state index >= 15 is 0 Å². The van der Waals surface area contributed by atoms with Gasteiger partial charge in [-0.25, -0.2) is 4.98 Å². The molecule has 0 aliphatic carbocycles. The molecular formula is C28H25Cl2N5O3. The number of Topliss-reactive ketones (excluding diaryl/α,β-unsaturated/α-hetero) is 1. The van der Waals surface area contributed by atoms with Crippen LogP contribution in [0.1, 0.15) is 28.4 Å². The third-order valence-electron chi connectivity index (χ3n) is 6.48. The van der Waals surface area contributed by atoms with Gasteiger partial charge in [-0.3, -0.25) is 15.0 Å². The number of anilines is 1. The fraction of sp³-hybridized carbons (Fsp3) is 0.214. The van der Waals surface area contributed by atoms with Crippen LogP contribution in [0.25, 0.3) is 11.1 Å². The molecule has 0 radical (unpaired) electrons. The van der Waals surface area contributed by atoms with Crippen molar-refractivity contribution >= 4 is 40.7 Å². The number of carbonyl (C=O) groups is 2. The lowest BCUT2D eigenvalue weighted by Gasteiger charge is -2.27. The molecule has 8 nitrogen and oxygen atoms in total. The summed E-state index contributed by atoms with van der Waals surface area (Å²) >= 11 is 12.3. The SMILES string of the molecule is CC(=O)Nc1cc(-c2cc(Cn3ccn(C)c3=N)cc3c2OC[C@H](Cc2ccc(Cl)c(Cl)c2)C3=O)ccn1. The second-order valence-corrected chi connectivity index (χ2v) is 10.1. The maximum Gasteiger partial charge on any atom is 0.222 e. The van der Waals surface area contributed by atoms with Crippen molar-refractivity contribution in [2.45, 2.75) is 19.9 Å². The highest BCUT2D eigenvalue weighted by Crippen LogP contribution is 2.40. The molecule has 0 fully saturated rings. The third-order valence-corrected chi connectivity index (χ3v) is 7.22. The van der Waals surface area contributed by atoms with Gasteiger partial charge in [0.05, 0.1) is 34.7 Å². The lowest BCUT2D eigenvalue weighted by atomic mass is 9.86. The standard InChI is InChI=1S/C28H25Cl2N5O3/c1-16(36)33-25-13-19(5-6-32-25)21-10-18(14-35-8-7-34(2)28(35)31)11-22-26(37)20(15-38-27(21)22)9-17-3-4-23(29)24(30)12-17/h3-8,10-13,20,31H,9,14-15H2,1-2H3,(H,32,33,36)/t20-/m0/s1. The van der Waals surface area contributed by atoms with Gasteiger partial charge in [0.25, 0.3) is 0 Å². The first-order valence-electron chi connectivity index (χ1n) is 12.0. The van der Waals surface area contributed by atoms with Gasteiger partial charge >= 0.3 is 0 Å². The van der Waals surface area contributed by atoms with Crippen LogP contribution in [0.3, 0.4) is 0 Å². The van der Waals surface area contributed by atoms with Gasteiger partial charge in [-0.2, -0.15) is 0 Å². The number of amides is 1. The summed E-state index contributed by atoms with van der Waals surface area (Å²) in [6, 6.07) is 12.7. The van der Waals surface area contributed by atoms with Gasteiger partial charge in [-0.15, -0.1) is 0 Å². The number of imidazole rings is 1. The zero-order chi connectivity index (χ0) is 27.0. The van der Waals surface area contributed by atoms with Crippen LogP contribution >= 0.6 is 23.2 Å². The van der Waals surface area contributed by atoms with Crippen molar-refractivity contribution < 1.29 is 14.3 Å². The van der Waals surface area contributed by atoms with Crippen LogP contribution < -0.4 is 15.7 Å². The highest BCUT2D eigenvalue weighted by Gasteiger charge is 2.32. The molecule has 0 bridgehead atoms. The first kappa shape index (κ1) is 25.8. The average Bonchev–Trinajstić information content (AvgIpc) is 3.19. The summed E-state index contributed by atoms with van der Waals surface area (Å²) < 4.78 is 9.74. The van der Waals surface area contributed by atoms with Crippen molar-refractivity contribution in [3.05, 3.63) is 93.4 Å². The molecule has 1 aliphatic heterocycles. The molecular weight excluding hydrogens is 525 g/mol. The van der Waals surface area contributed by atoms with Gasteiger partial charge in [0.15, 0.2) is 5.78 Å². The van der Waals surface area contributed by atoms with E-state index in [-0.39, 0.29) is 18.3 Å². The van der Waals surface area contributed by atoms with Crippen LogP contribution in [-0.4, -0.2) is 32.4 Å². The number of hydrogen-bond donors (Lipinski definition) is 2. The molecule has 2 aromatic carbocycles. The maximum atomic E-state index is 13.8. The van der Waals surface area contributed by atoms with E-state index in [4.69, 9.17) is 33.3 Å². The number of nitrogens with zero attached hydrogens (tertiary/aromatic N) is 3. The number of fused-ring (bicyclic) bond motifs is 1. The molecule has 2 N–H and O–H groups in total. The number of pyridine rings is 1. The van der Waals surface area contributed by atoms with Crippen LogP contribution in [0, 0.1) is 11.3 Å². The van der Waals surface area contributed by atoms with E-state index in [2.05, 4.69) is 10.3 Å². The molecule has 1 aliphatic rings. The minimum atomic E-state index is -0.397. The molecule has 10 heteroatoms. The van der Waals surface area contributed by atoms with Gasteiger partial charge in [0.2, 0.25) is 11.5 Å². The van der Waals surface area contributed by atoms with Gasteiger partial charge in [-0.1, -0.05) is 29.3 Å². The Morgan fingerprint density at radius 1 is 1.11 bits per heavy atom. The molecule has 194 valence electrons. The average molecular weight is 550 g/mol. The Labute approximate surface area is 229 Å². The minimum absolute atomic E-state index is 0.0271. The van der Waals surface area contributed by atoms with Crippen molar-refractivity contribution in [2.75, 3.05) is 11.9 Å². The second-order valence-electron chi connectivity index (χ2n) is 9.32. The Morgan fingerprint density at radius 2 is 1.89 bits per heavy atom. The van der Waals surface area contributed by atoms with Gasteiger partial charge < -0.3 is 19.2 Å². The number of nitrogens with one attached hydrogen (secondary N) is 2. The molecule has 4 aromatic rings. The van der Waals surface area contributed by atoms with Gasteiger partial charge in [0.1, 0.15) is 11.6 Å². The maximum absolute atomic E-state index is 13.8. The first-order valence-corrected chi connectivity index (χ1v) is 12.7. The lowest BCUT2D eigenvalue weighted by Crippen LogP contribution is -2.30. The second kappa shape index (κ2) is 10.5. The molecule has 0 spiro atoms. The molecule has 0 saturated carbocycles. The first-order chi connectivity index (χ1) is 18.2. The number of benzene rings is 2. The number of ether oxygens (including phenoxy) is 1. The Kier molecular flexibility index (Phi) is 7.10. The van der Waals surface area contributed by atoms with E-state index in [1.807, 2.05) is 43.7 Å². The predicted molar refractivity (Wildman–Crippen MR) is 146 cm³/mol. The Hall–Kier alpha value is -3.88. The number of halogens is 2. The monoisotopic (exact) mass is 549 g/mol. The summed E-state index contributed by atoms with van der Waals surface area (Å²) in [5.41, 5.74) is 4.02. The predicted octanol–water partition coefficient (Wildman–Crippen LogP) is 5.12. The molecule has 3 heterocycles. The highest BCUT2D eigenvalue weighted by molar-refractivity contribution is 6.42. The Morgan fingerprint density at radius 3 is 2.61 bits per heavy atom. The number of ketones is 1. The van der Waals surface area contributed by atoms with E-state index in [0.717, 1.165) is 22.3 Å². The quantitative estimate of drug-likeness (QED) is 0.348. The van der Waals surface area contributed by atoms with Crippen molar-refractivity contribution in [1.82, 2.24) is 14.1 Å². The van der Waals surface area contributed by atoms with Crippen LogP contribution in [0.2, 0.25) is 10.0 Å². The van der Waals surface area contributed by atoms with E-state index in [1.165, 1.54) is 6.92 Å². The summed E-state index contributed by atoms with van der Waals surface area (Å²) in [5.74, 6) is 0.241. The minimum Gasteiger partial charge on any atom is -0.491 e. The molecule has 38 heavy (non-hydrogen) atoms. The number of rotatable bonds is 6. The Bertz CT molecular complexity index is 1630. The smallest absolute Gasteiger partial charge is 0.222 e. The molecule has 0 unspecified atom stereocenters. The number of aryl methyl sites for hydroxylation is 1. The summed E-state index contributed by atoms with van der Waals surface area (Å²) in [6.45, 7) is 2.03. The van der Waals surface area contributed by atoms with Crippen molar-refractivity contribution in [3.63, 3.8) is 0 Å². The summed E-state index contributed by atoms with van der Waals surface area (Å²) in [6.07, 6.45) is 5.70. The molecule has 2 aromatic heterocycles.